The molecule has 146 valence electrons. The minimum atomic E-state index is -4.38. The zero-order valence-corrected chi connectivity index (χ0v) is 15.3. The van der Waals surface area contributed by atoms with Crippen molar-refractivity contribution in [3.63, 3.8) is 0 Å². The molecule has 1 amide bonds. The summed E-state index contributed by atoms with van der Waals surface area (Å²) in [7, 11) is 1.61. The lowest BCUT2D eigenvalue weighted by Crippen LogP contribution is -2.47. The summed E-state index contributed by atoms with van der Waals surface area (Å²) in [4.78, 5) is 18.3. The summed E-state index contributed by atoms with van der Waals surface area (Å²) in [6.07, 6.45) is -2.24. The van der Waals surface area contributed by atoms with Gasteiger partial charge in [0.05, 0.1) is 18.2 Å². The Kier molecular flexibility index (Phi) is 6.86. The molecule has 1 aliphatic heterocycles. The van der Waals surface area contributed by atoms with Crippen LogP contribution in [0.2, 0.25) is 0 Å². The van der Waals surface area contributed by atoms with Gasteiger partial charge in [-0.1, -0.05) is 13.8 Å². The standard InChI is InChI=1S/C18H26F3N3O2/c1-12(2)15(11-26-3)23-17(25)13-6-8-24(9-7-13)16-5-4-14(10-22-16)18(19,20)21/h4-5,10,12-13,15H,6-9,11H2,1-3H3,(H,23,25). The van der Waals surface area contributed by atoms with Crippen molar-refractivity contribution in [2.45, 2.75) is 38.9 Å². The van der Waals surface area contributed by atoms with E-state index in [1.165, 1.54) is 6.07 Å². The highest BCUT2D eigenvalue weighted by molar-refractivity contribution is 5.79. The summed E-state index contributed by atoms with van der Waals surface area (Å²) in [5, 5.41) is 3.04. The predicted octanol–water partition coefficient (Wildman–Crippen LogP) is 3.10. The van der Waals surface area contributed by atoms with Crippen LogP contribution >= 0.6 is 0 Å². The third-order valence-electron chi connectivity index (χ3n) is 4.74. The number of carbonyl (C=O) groups excluding carboxylic acids is 1. The number of aromatic nitrogens is 1. The van der Waals surface area contributed by atoms with E-state index < -0.39 is 11.7 Å². The highest BCUT2D eigenvalue weighted by Crippen LogP contribution is 2.30. The zero-order chi connectivity index (χ0) is 19.3. The van der Waals surface area contributed by atoms with Crippen LogP contribution in [0.3, 0.4) is 0 Å². The fraction of sp³-hybridized carbons (Fsp3) is 0.667. The van der Waals surface area contributed by atoms with Gasteiger partial charge in [0.1, 0.15) is 5.82 Å². The Morgan fingerprint density at radius 2 is 2.00 bits per heavy atom. The van der Waals surface area contributed by atoms with Crippen molar-refractivity contribution >= 4 is 11.7 Å². The molecule has 1 unspecified atom stereocenters. The first kappa shape index (κ1) is 20.5. The van der Waals surface area contributed by atoms with E-state index in [0.717, 1.165) is 12.3 Å². The molecule has 2 heterocycles. The molecule has 8 heteroatoms. The van der Waals surface area contributed by atoms with Crippen molar-refractivity contribution in [2.75, 3.05) is 31.7 Å². The van der Waals surface area contributed by atoms with Crippen LogP contribution in [0.5, 0.6) is 0 Å². The number of hydrogen-bond donors (Lipinski definition) is 1. The molecule has 0 radical (unpaired) electrons. The summed E-state index contributed by atoms with van der Waals surface area (Å²) in [6.45, 7) is 5.71. The Bertz CT molecular complexity index is 582. The normalized spacial score (nSPS) is 17.4. The molecule has 0 aromatic carbocycles. The summed E-state index contributed by atoms with van der Waals surface area (Å²) in [5.41, 5.74) is -0.756. The molecule has 1 aromatic rings. The van der Waals surface area contributed by atoms with Crippen molar-refractivity contribution in [1.82, 2.24) is 10.3 Å². The van der Waals surface area contributed by atoms with E-state index >= 15 is 0 Å². The van der Waals surface area contributed by atoms with Crippen LogP contribution in [0, 0.1) is 11.8 Å². The van der Waals surface area contributed by atoms with Gasteiger partial charge >= 0.3 is 6.18 Å². The third kappa shape index (κ3) is 5.33. The molecule has 2 rings (SSSR count). The van der Waals surface area contributed by atoms with Gasteiger partial charge in [-0.15, -0.1) is 0 Å². The van der Waals surface area contributed by atoms with Gasteiger partial charge in [-0.25, -0.2) is 4.98 Å². The molecule has 0 aliphatic carbocycles. The number of pyridine rings is 1. The van der Waals surface area contributed by atoms with E-state index in [0.29, 0.717) is 38.4 Å². The number of rotatable bonds is 6. The summed E-state index contributed by atoms with van der Waals surface area (Å²) in [5.74, 6) is 0.700. The van der Waals surface area contributed by atoms with Gasteiger partial charge in [0.25, 0.3) is 0 Å². The van der Waals surface area contributed by atoms with Crippen LogP contribution in [-0.4, -0.2) is 43.7 Å². The second-order valence-electron chi connectivity index (χ2n) is 6.98. The van der Waals surface area contributed by atoms with E-state index in [1.807, 2.05) is 18.7 Å². The number of alkyl halides is 3. The molecule has 1 saturated heterocycles. The lowest BCUT2D eigenvalue weighted by atomic mass is 9.94. The number of hydrogen-bond acceptors (Lipinski definition) is 4. The largest absolute Gasteiger partial charge is 0.417 e. The number of methoxy groups -OCH3 is 1. The fourth-order valence-corrected chi connectivity index (χ4v) is 2.99. The Labute approximate surface area is 151 Å². The molecule has 5 nitrogen and oxygen atoms in total. The molecule has 1 aliphatic rings. The number of amides is 1. The quantitative estimate of drug-likeness (QED) is 0.833. The number of nitrogens with one attached hydrogen (secondary N) is 1. The zero-order valence-electron chi connectivity index (χ0n) is 15.3. The van der Waals surface area contributed by atoms with Crippen LogP contribution in [0.25, 0.3) is 0 Å². The number of nitrogens with zero attached hydrogens (tertiary/aromatic N) is 2. The molecule has 1 N–H and O–H groups in total. The SMILES string of the molecule is COCC(NC(=O)C1CCN(c2ccc(C(F)(F)F)cn2)CC1)C(C)C. The van der Waals surface area contributed by atoms with Crippen LogP contribution in [0.1, 0.15) is 32.3 Å². The molecule has 1 fully saturated rings. The summed E-state index contributed by atoms with van der Waals surface area (Å²) >= 11 is 0. The van der Waals surface area contributed by atoms with E-state index in [2.05, 4.69) is 10.3 Å². The van der Waals surface area contributed by atoms with Crippen LogP contribution in [0.4, 0.5) is 19.0 Å². The molecule has 1 aromatic heterocycles. The molecule has 0 saturated carbocycles. The highest BCUT2D eigenvalue weighted by Gasteiger charge is 2.31. The van der Waals surface area contributed by atoms with Gasteiger partial charge in [0.2, 0.25) is 5.91 Å². The Morgan fingerprint density at radius 1 is 1.35 bits per heavy atom. The van der Waals surface area contributed by atoms with Gasteiger partial charge in [-0.05, 0) is 30.9 Å². The minimum absolute atomic E-state index is 0.0146. The molecular formula is C18H26F3N3O2. The van der Waals surface area contributed by atoms with Gasteiger partial charge in [0.15, 0.2) is 0 Å². The van der Waals surface area contributed by atoms with Crippen molar-refractivity contribution in [1.29, 1.82) is 0 Å². The Hall–Kier alpha value is -1.83. The second kappa shape index (κ2) is 8.70. The summed E-state index contributed by atoms with van der Waals surface area (Å²) < 4.78 is 43.0. The van der Waals surface area contributed by atoms with Gasteiger partial charge in [-0.3, -0.25) is 4.79 Å². The maximum atomic E-state index is 12.6. The molecule has 0 bridgehead atoms. The molecule has 26 heavy (non-hydrogen) atoms. The molecule has 0 spiro atoms. The first-order valence-corrected chi connectivity index (χ1v) is 8.80. The smallest absolute Gasteiger partial charge is 0.383 e. The highest BCUT2D eigenvalue weighted by atomic mass is 19.4. The Morgan fingerprint density at radius 3 is 2.46 bits per heavy atom. The van der Waals surface area contributed by atoms with Gasteiger partial charge < -0.3 is 15.0 Å². The maximum Gasteiger partial charge on any atom is 0.417 e. The van der Waals surface area contributed by atoms with Crippen molar-refractivity contribution < 1.29 is 22.7 Å². The predicted molar refractivity (Wildman–Crippen MR) is 92.8 cm³/mol. The van der Waals surface area contributed by atoms with Crippen molar-refractivity contribution in [3.05, 3.63) is 23.9 Å². The number of anilines is 1. The van der Waals surface area contributed by atoms with Crippen molar-refractivity contribution in [2.24, 2.45) is 11.8 Å². The monoisotopic (exact) mass is 373 g/mol. The number of ether oxygens (including phenoxy) is 1. The van der Waals surface area contributed by atoms with E-state index in [9.17, 15) is 18.0 Å². The topological polar surface area (TPSA) is 54.5 Å². The molecule has 1 atom stereocenters. The van der Waals surface area contributed by atoms with E-state index in [4.69, 9.17) is 4.74 Å². The molecular weight excluding hydrogens is 347 g/mol. The number of carbonyl (C=O) groups is 1. The minimum Gasteiger partial charge on any atom is -0.383 e. The lowest BCUT2D eigenvalue weighted by molar-refractivity contribution is -0.137. The fourth-order valence-electron chi connectivity index (χ4n) is 2.99. The number of piperidine rings is 1. The lowest BCUT2D eigenvalue weighted by Gasteiger charge is -2.33. The Balaban J connectivity index is 1.89. The van der Waals surface area contributed by atoms with Gasteiger partial charge in [0, 0.05) is 32.3 Å². The van der Waals surface area contributed by atoms with E-state index in [1.54, 1.807) is 7.11 Å². The summed E-state index contributed by atoms with van der Waals surface area (Å²) in [6, 6.07) is 2.40. The average molecular weight is 373 g/mol. The van der Waals surface area contributed by atoms with Crippen LogP contribution in [0.15, 0.2) is 18.3 Å². The van der Waals surface area contributed by atoms with Crippen LogP contribution in [-0.2, 0) is 15.7 Å². The van der Waals surface area contributed by atoms with E-state index in [-0.39, 0.29) is 23.8 Å². The third-order valence-corrected chi connectivity index (χ3v) is 4.74. The van der Waals surface area contributed by atoms with Gasteiger partial charge in [-0.2, -0.15) is 13.2 Å². The van der Waals surface area contributed by atoms with Crippen LogP contribution < -0.4 is 10.2 Å². The first-order valence-electron chi connectivity index (χ1n) is 8.80. The first-order chi connectivity index (χ1) is 12.2. The average Bonchev–Trinajstić information content (AvgIpc) is 2.60. The van der Waals surface area contributed by atoms with Crippen molar-refractivity contribution in [3.8, 4) is 0 Å². The maximum absolute atomic E-state index is 12.6. The second-order valence-corrected chi connectivity index (χ2v) is 6.98. The number of halogens is 3.